The molecule has 0 aliphatic rings. The maximum absolute atomic E-state index is 12.6. The van der Waals surface area contributed by atoms with E-state index in [0.717, 1.165) is 63.7 Å². The molecule has 0 saturated heterocycles. The fourth-order valence-corrected chi connectivity index (χ4v) is 7.56. The minimum Gasteiger partial charge on any atom is -0.462 e. The largest absolute Gasteiger partial charge is 0.472 e. The van der Waals surface area contributed by atoms with Gasteiger partial charge in [-0.3, -0.25) is 18.6 Å². The summed E-state index contributed by atoms with van der Waals surface area (Å²) in [5, 5.41) is 28.3. The van der Waals surface area contributed by atoms with E-state index >= 15 is 0 Å². The molecule has 0 bridgehead atoms. The van der Waals surface area contributed by atoms with Crippen molar-refractivity contribution in [3.05, 3.63) is 36.5 Å². The summed E-state index contributed by atoms with van der Waals surface area (Å²) in [6.07, 6.45) is 41.5. The van der Waals surface area contributed by atoms with Gasteiger partial charge in [-0.05, 0) is 44.4 Å². The molecule has 0 saturated carbocycles. The maximum atomic E-state index is 12.6. The molecule has 0 aliphatic heterocycles. The predicted molar refractivity (Wildman–Crippen MR) is 248 cm³/mol. The van der Waals surface area contributed by atoms with Crippen LogP contribution in [0.25, 0.3) is 0 Å². The monoisotopic (exact) mass is 887 g/mol. The molecule has 5 atom stereocenters. The van der Waals surface area contributed by atoms with Gasteiger partial charge >= 0.3 is 19.8 Å². The zero-order valence-corrected chi connectivity index (χ0v) is 39.8. The van der Waals surface area contributed by atoms with Crippen LogP contribution in [-0.4, -0.2) is 76.9 Å². The molecule has 0 rings (SSSR count). The number of unbranched alkanes of at least 4 members (excludes halogenated alkanes) is 22. The first-order valence-electron chi connectivity index (χ1n) is 24.4. The number of aliphatic hydroxyl groups excluding tert-OH is 3. The Morgan fingerprint density at radius 3 is 1.62 bits per heavy atom. The molecule has 0 amide bonds. The van der Waals surface area contributed by atoms with Gasteiger partial charge in [-0.25, -0.2) is 4.57 Å². The lowest BCUT2D eigenvalue weighted by molar-refractivity contribution is -0.161. The summed E-state index contributed by atoms with van der Waals surface area (Å²) in [4.78, 5) is 35.1. The number of phosphoric acid groups is 1. The number of carbonyl (C=O) groups excluding carboxylic acids is 2. The molecule has 4 N–H and O–H groups in total. The summed E-state index contributed by atoms with van der Waals surface area (Å²) >= 11 is 0. The van der Waals surface area contributed by atoms with Crippen molar-refractivity contribution in [2.24, 2.45) is 5.92 Å². The number of phosphoric ester groups is 1. The highest BCUT2D eigenvalue weighted by Gasteiger charge is 2.27. The Labute approximate surface area is 372 Å². The van der Waals surface area contributed by atoms with Gasteiger partial charge in [0.25, 0.3) is 0 Å². The molecule has 358 valence electrons. The van der Waals surface area contributed by atoms with Crippen LogP contribution in [-0.2, 0) is 32.7 Å². The van der Waals surface area contributed by atoms with Gasteiger partial charge in [0, 0.05) is 12.8 Å². The van der Waals surface area contributed by atoms with Crippen molar-refractivity contribution in [1.82, 2.24) is 0 Å². The van der Waals surface area contributed by atoms with E-state index in [9.17, 15) is 29.3 Å². The highest BCUT2D eigenvalue weighted by Crippen LogP contribution is 2.43. The van der Waals surface area contributed by atoms with Crippen LogP contribution in [0, 0.1) is 5.92 Å². The average Bonchev–Trinajstić information content (AvgIpc) is 3.24. The Hall–Kier alpha value is -1.85. The van der Waals surface area contributed by atoms with Gasteiger partial charge in [-0.2, -0.15) is 0 Å². The lowest BCUT2D eigenvalue weighted by Gasteiger charge is -2.20. The van der Waals surface area contributed by atoms with Gasteiger partial charge in [0.1, 0.15) is 12.7 Å². The standard InChI is InChI=1S/C49H91O11P/c1-4-6-30-36-45(51)37-32-27-23-19-17-21-25-29-34-39-49(54)60-47(43-59-61(55,56)58-41-46(52)40-50)42-57-48(53)38-33-28-24-20-16-14-12-10-8-7-9-11-13-15-18-22-26-31-35-44(3)5-2/h6,23,27,30,32,37,44-47,50-52H,4-5,7-22,24-26,28-29,31,33-36,38-43H2,1-3H3,(H,55,56)/b27-23+,30-6+,37-32+/t44?,45?,46-,47+/m0/s1. The van der Waals surface area contributed by atoms with Crippen molar-refractivity contribution in [3.8, 4) is 0 Å². The average molecular weight is 887 g/mol. The Morgan fingerprint density at radius 2 is 1.10 bits per heavy atom. The highest BCUT2D eigenvalue weighted by atomic mass is 31.2. The molecule has 3 unspecified atom stereocenters. The second kappa shape index (κ2) is 43.4. The van der Waals surface area contributed by atoms with Crippen LogP contribution in [0.15, 0.2) is 36.5 Å². The van der Waals surface area contributed by atoms with Gasteiger partial charge in [0.05, 0.1) is 25.9 Å². The van der Waals surface area contributed by atoms with Gasteiger partial charge < -0.3 is 29.7 Å². The molecular formula is C49H91O11P. The zero-order chi connectivity index (χ0) is 45.1. The van der Waals surface area contributed by atoms with E-state index in [1.165, 1.54) is 103 Å². The van der Waals surface area contributed by atoms with E-state index in [-0.39, 0.29) is 19.4 Å². The lowest BCUT2D eigenvalue weighted by Crippen LogP contribution is -2.29. The Morgan fingerprint density at radius 1 is 0.607 bits per heavy atom. The zero-order valence-electron chi connectivity index (χ0n) is 38.9. The number of aliphatic hydroxyl groups is 3. The third-order valence-corrected chi connectivity index (χ3v) is 11.9. The van der Waals surface area contributed by atoms with Crippen LogP contribution in [0.1, 0.15) is 213 Å². The van der Waals surface area contributed by atoms with Crippen molar-refractivity contribution in [3.63, 3.8) is 0 Å². The number of esters is 2. The van der Waals surface area contributed by atoms with Crippen molar-refractivity contribution in [2.45, 2.75) is 232 Å². The quantitative estimate of drug-likeness (QED) is 0.0151. The molecule has 0 aliphatic carbocycles. The van der Waals surface area contributed by atoms with Gasteiger partial charge in [0.2, 0.25) is 0 Å². The first-order chi connectivity index (χ1) is 29.5. The number of hydrogen-bond acceptors (Lipinski definition) is 10. The minimum atomic E-state index is -4.64. The Bertz CT molecular complexity index is 1140. The SMILES string of the molecule is CC/C=C/CC(O)/C=C/C=C/CCCCCCCC(=O)O[C@H](COC(=O)CCCCCCCCCCCCCCCCCCCCC(C)CC)COP(=O)(O)OC[C@@H](O)CO. The summed E-state index contributed by atoms with van der Waals surface area (Å²) < 4.78 is 32.8. The van der Waals surface area contributed by atoms with Crippen LogP contribution in [0.4, 0.5) is 0 Å². The smallest absolute Gasteiger partial charge is 0.462 e. The number of rotatable bonds is 45. The molecule has 0 spiro atoms. The van der Waals surface area contributed by atoms with E-state index in [0.29, 0.717) is 19.3 Å². The molecular weight excluding hydrogens is 796 g/mol. The van der Waals surface area contributed by atoms with Gasteiger partial charge in [-0.15, -0.1) is 0 Å². The molecule has 0 fully saturated rings. The summed E-state index contributed by atoms with van der Waals surface area (Å²) in [7, 11) is -4.64. The second-order valence-electron chi connectivity index (χ2n) is 16.9. The van der Waals surface area contributed by atoms with Crippen LogP contribution < -0.4 is 0 Å². The third kappa shape index (κ3) is 43.2. The molecule has 12 heteroatoms. The second-order valence-corrected chi connectivity index (χ2v) is 18.4. The first-order valence-corrected chi connectivity index (χ1v) is 25.9. The van der Waals surface area contributed by atoms with Crippen molar-refractivity contribution in [2.75, 3.05) is 26.4 Å². The van der Waals surface area contributed by atoms with Gasteiger partial charge in [-0.1, -0.05) is 198 Å². The molecule has 11 nitrogen and oxygen atoms in total. The topological polar surface area (TPSA) is 169 Å². The maximum Gasteiger partial charge on any atom is 0.472 e. The Balaban J connectivity index is 4.21. The molecule has 0 aromatic heterocycles. The molecule has 0 heterocycles. The first kappa shape index (κ1) is 59.1. The normalized spacial score (nSPS) is 15.1. The lowest BCUT2D eigenvalue weighted by atomic mass is 9.99. The van der Waals surface area contributed by atoms with E-state index in [4.69, 9.17) is 23.6 Å². The molecule has 0 radical (unpaired) electrons. The van der Waals surface area contributed by atoms with E-state index in [1.54, 1.807) is 6.08 Å². The van der Waals surface area contributed by atoms with E-state index in [2.05, 4.69) is 26.8 Å². The van der Waals surface area contributed by atoms with Crippen molar-refractivity contribution >= 4 is 19.8 Å². The predicted octanol–water partition coefficient (Wildman–Crippen LogP) is 12.3. The van der Waals surface area contributed by atoms with Crippen molar-refractivity contribution in [1.29, 1.82) is 0 Å². The summed E-state index contributed by atoms with van der Waals surface area (Å²) in [6, 6.07) is 0. The number of allylic oxidation sites excluding steroid dienone is 4. The number of carbonyl (C=O) groups is 2. The van der Waals surface area contributed by atoms with Crippen LogP contribution in [0.5, 0.6) is 0 Å². The molecule has 0 aromatic carbocycles. The number of ether oxygens (including phenoxy) is 2. The van der Waals surface area contributed by atoms with E-state index < -0.39 is 57.9 Å². The summed E-state index contributed by atoms with van der Waals surface area (Å²) in [5.74, 6) is -0.0803. The molecule has 0 aromatic rings. The minimum absolute atomic E-state index is 0.139. The molecule has 61 heavy (non-hydrogen) atoms. The number of hydrogen-bond donors (Lipinski definition) is 4. The highest BCUT2D eigenvalue weighted by molar-refractivity contribution is 7.47. The third-order valence-electron chi connectivity index (χ3n) is 10.9. The van der Waals surface area contributed by atoms with Crippen LogP contribution >= 0.6 is 7.82 Å². The Kier molecular flexibility index (Phi) is 42.1. The summed E-state index contributed by atoms with van der Waals surface area (Å²) in [6.45, 7) is 4.54. The van der Waals surface area contributed by atoms with E-state index in [1.807, 2.05) is 24.3 Å². The fourth-order valence-electron chi connectivity index (χ4n) is 6.77. The van der Waals surface area contributed by atoms with Gasteiger partial charge in [0.15, 0.2) is 6.10 Å². The van der Waals surface area contributed by atoms with Crippen LogP contribution in [0.2, 0.25) is 0 Å². The van der Waals surface area contributed by atoms with Crippen LogP contribution in [0.3, 0.4) is 0 Å². The summed E-state index contributed by atoms with van der Waals surface area (Å²) in [5.41, 5.74) is 0. The fraction of sp³-hybridized carbons (Fsp3) is 0.837. The van der Waals surface area contributed by atoms with Crippen molar-refractivity contribution < 1.29 is 52.9 Å².